The lowest BCUT2D eigenvalue weighted by Crippen LogP contribution is -2.19. The quantitative estimate of drug-likeness (QED) is 0.443. The molecule has 0 unspecified atom stereocenters. The van der Waals surface area contributed by atoms with Gasteiger partial charge < -0.3 is 5.32 Å². The summed E-state index contributed by atoms with van der Waals surface area (Å²) in [6.45, 7) is 1.81. The Labute approximate surface area is 171 Å². The van der Waals surface area contributed by atoms with Crippen LogP contribution in [-0.2, 0) is 0 Å². The molecule has 0 spiro atoms. The first-order valence-corrected chi connectivity index (χ1v) is 9.40. The standard InChI is InChI=1S/C22H18BrN3O2/c1-15(25-26-21(27)17-7-3-2-4-8-17)16-11-13-18(14-12-16)24-22(28)19-9-5-6-10-20(19)23/h2-14H,1H3,(H,24,28)(H,26,27). The van der Waals surface area contributed by atoms with Crippen molar-refractivity contribution in [2.45, 2.75) is 6.92 Å². The summed E-state index contributed by atoms with van der Waals surface area (Å²) >= 11 is 3.38. The van der Waals surface area contributed by atoms with Crippen LogP contribution in [0.5, 0.6) is 0 Å². The molecule has 3 aromatic rings. The Morgan fingerprint density at radius 1 is 0.786 bits per heavy atom. The third kappa shape index (κ3) is 4.92. The van der Waals surface area contributed by atoms with Crippen molar-refractivity contribution >= 4 is 39.1 Å². The van der Waals surface area contributed by atoms with Crippen LogP contribution in [0.2, 0.25) is 0 Å². The van der Waals surface area contributed by atoms with E-state index >= 15 is 0 Å². The molecule has 28 heavy (non-hydrogen) atoms. The molecule has 0 radical (unpaired) electrons. The predicted octanol–water partition coefficient (Wildman–Crippen LogP) is 4.86. The highest BCUT2D eigenvalue weighted by atomic mass is 79.9. The summed E-state index contributed by atoms with van der Waals surface area (Å²) in [5.41, 5.74) is 5.83. The van der Waals surface area contributed by atoms with Crippen molar-refractivity contribution < 1.29 is 9.59 Å². The molecule has 0 saturated heterocycles. The molecule has 0 aliphatic heterocycles. The number of rotatable bonds is 5. The third-order valence-corrected chi connectivity index (χ3v) is 4.73. The van der Waals surface area contributed by atoms with Gasteiger partial charge in [0.1, 0.15) is 0 Å². The second-order valence-electron chi connectivity index (χ2n) is 6.02. The van der Waals surface area contributed by atoms with Crippen molar-refractivity contribution in [3.05, 3.63) is 100 Å². The zero-order valence-electron chi connectivity index (χ0n) is 15.1. The van der Waals surface area contributed by atoms with Gasteiger partial charge in [0.2, 0.25) is 0 Å². The number of nitrogens with one attached hydrogen (secondary N) is 2. The summed E-state index contributed by atoms with van der Waals surface area (Å²) in [5, 5.41) is 7.00. The Bertz CT molecular complexity index is 1020. The van der Waals surface area contributed by atoms with Gasteiger partial charge in [-0.2, -0.15) is 5.10 Å². The first-order chi connectivity index (χ1) is 13.5. The largest absolute Gasteiger partial charge is 0.322 e. The molecular weight excluding hydrogens is 418 g/mol. The molecule has 0 aliphatic carbocycles. The smallest absolute Gasteiger partial charge is 0.271 e. The number of carbonyl (C=O) groups excluding carboxylic acids is 2. The lowest BCUT2D eigenvalue weighted by Gasteiger charge is -2.08. The summed E-state index contributed by atoms with van der Waals surface area (Å²) in [4.78, 5) is 24.4. The highest BCUT2D eigenvalue weighted by molar-refractivity contribution is 9.10. The van der Waals surface area contributed by atoms with E-state index < -0.39 is 0 Å². The van der Waals surface area contributed by atoms with E-state index in [2.05, 4.69) is 31.8 Å². The molecule has 0 bridgehead atoms. The summed E-state index contributed by atoms with van der Waals surface area (Å²) in [6, 6.07) is 23.4. The van der Waals surface area contributed by atoms with E-state index in [1.54, 1.807) is 49.4 Å². The lowest BCUT2D eigenvalue weighted by molar-refractivity contribution is 0.0954. The molecule has 0 heterocycles. The number of halogens is 1. The highest BCUT2D eigenvalue weighted by Gasteiger charge is 2.09. The fraction of sp³-hybridized carbons (Fsp3) is 0.0455. The van der Waals surface area contributed by atoms with Gasteiger partial charge in [-0.3, -0.25) is 9.59 Å². The third-order valence-electron chi connectivity index (χ3n) is 4.04. The van der Waals surface area contributed by atoms with Gasteiger partial charge in [-0.05, 0) is 64.8 Å². The molecule has 0 saturated carbocycles. The van der Waals surface area contributed by atoms with E-state index in [1.165, 1.54) is 0 Å². The minimum Gasteiger partial charge on any atom is -0.322 e. The topological polar surface area (TPSA) is 70.6 Å². The van der Waals surface area contributed by atoms with Crippen LogP contribution in [-0.4, -0.2) is 17.5 Å². The molecule has 0 fully saturated rings. The molecular formula is C22H18BrN3O2. The van der Waals surface area contributed by atoms with Gasteiger partial charge in [0, 0.05) is 15.7 Å². The van der Waals surface area contributed by atoms with Crippen molar-refractivity contribution in [2.75, 3.05) is 5.32 Å². The lowest BCUT2D eigenvalue weighted by atomic mass is 10.1. The fourth-order valence-corrected chi connectivity index (χ4v) is 2.96. The molecule has 6 heteroatoms. The Kier molecular flexibility index (Phi) is 6.34. The molecule has 3 aromatic carbocycles. The summed E-state index contributed by atoms with van der Waals surface area (Å²) in [7, 11) is 0. The van der Waals surface area contributed by atoms with Crippen LogP contribution in [0, 0.1) is 0 Å². The van der Waals surface area contributed by atoms with Gasteiger partial charge in [0.25, 0.3) is 11.8 Å². The van der Waals surface area contributed by atoms with Gasteiger partial charge in [0.15, 0.2) is 0 Å². The molecule has 0 aromatic heterocycles. The van der Waals surface area contributed by atoms with Gasteiger partial charge in [-0.1, -0.05) is 42.5 Å². The van der Waals surface area contributed by atoms with Crippen molar-refractivity contribution in [2.24, 2.45) is 5.10 Å². The number of carbonyl (C=O) groups is 2. The summed E-state index contributed by atoms with van der Waals surface area (Å²) < 4.78 is 0.737. The van der Waals surface area contributed by atoms with Crippen molar-refractivity contribution in [1.82, 2.24) is 5.43 Å². The summed E-state index contributed by atoms with van der Waals surface area (Å²) in [5.74, 6) is -0.460. The van der Waals surface area contributed by atoms with Crippen LogP contribution < -0.4 is 10.7 Å². The molecule has 2 N–H and O–H groups in total. The molecule has 140 valence electrons. The minimum atomic E-state index is -0.266. The number of hydrogen-bond acceptors (Lipinski definition) is 3. The maximum atomic E-state index is 12.4. The fourth-order valence-electron chi connectivity index (χ4n) is 2.49. The molecule has 3 rings (SSSR count). The maximum absolute atomic E-state index is 12.4. The first-order valence-electron chi connectivity index (χ1n) is 8.60. The van der Waals surface area contributed by atoms with Crippen LogP contribution in [0.15, 0.2) is 88.4 Å². The van der Waals surface area contributed by atoms with Gasteiger partial charge in [-0.25, -0.2) is 5.43 Å². The molecule has 0 atom stereocenters. The normalized spacial score (nSPS) is 11.0. The van der Waals surface area contributed by atoms with Gasteiger partial charge in [0.05, 0.1) is 11.3 Å². The van der Waals surface area contributed by atoms with E-state index in [9.17, 15) is 9.59 Å². The second-order valence-corrected chi connectivity index (χ2v) is 6.87. The number of nitrogens with zero attached hydrogens (tertiary/aromatic N) is 1. The first kappa shape index (κ1) is 19.5. The number of anilines is 1. The van der Waals surface area contributed by atoms with Crippen molar-refractivity contribution in [3.63, 3.8) is 0 Å². The van der Waals surface area contributed by atoms with Crippen LogP contribution in [0.1, 0.15) is 33.2 Å². The van der Waals surface area contributed by atoms with Crippen LogP contribution in [0.3, 0.4) is 0 Å². The average molecular weight is 436 g/mol. The van der Waals surface area contributed by atoms with E-state index in [1.807, 2.05) is 36.4 Å². The Balaban J connectivity index is 1.64. The zero-order chi connectivity index (χ0) is 19.9. The van der Waals surface area contributed by atoms with Crippen molar-refractivity contribution in [3.8, 4) is 0 Å². The molecule has 0 aliphatic rings. The highest BCUT2D eigenvalue weighted by Crippen LogP contribution is 2.18. The van der Waals surface area contributed by atoms with Crippen molar-refractivity contribution in [1.29, 1.82) is 0 Å². The maximum Gasteiger partial charge on any atom is 0.271 e. The van der Waals surface area contributed by atoms with E-state index in [4.69, 9.17) is 0 Å². The van der Waals surface area contributed by atoms with Crippen LogP contribution >= 0.6 is 15.9 Å². The number of amides is 2. The Morgan fingerprint density at radius 2 is 1.43 bits per heavy atom. The van der Waals surface area contributed by atoms with E-state index in [0.29, 0.717) is 22.5 Å². The number of benzene rings is 3. The summed E-state index contributed by atoms with van der Waals surface area (Å²) in [6.07, 6.45) is 0. The predicted molar refractivity (Wildman–Crippen MR) is 115 cm³/mol. The van der Waals surface area contributed by atoms with Gasteiger partial charge >= 0.3 is 0 Å². The SMILES string of the molecule is CC(=NNC(=O)c1ccccc1)c1ccc(NC(=O)c2ccccc2Br)cc1. The Hall–Kier alpha value is -3.25. The molecule has 2 amide bonds. The average Bonchev–Trinajstić information content (AvgIpc) is 2.73. The minimum absolute atomic E-state index is 0.194. The van der Waals surface area contributed by atoms with E-state index in [-0.39, 0.29) is 11.8 Å². The zero-order valence-corrected chi connectivity index (χ0v) is 16.7. The van der Waals surface area contributed by atoms with Crippen LogP contribution in [0.25, 0.3) is 0 Å². The van der Waals surface area contributed by atoms with E-state index in [0.717, 1.165) is 10.0 Å². The number of hydrogen-bond donors (Lipinski definition) is 2. The number of hydrazone groups is 1. The second kappa shape index (κ2) is 9.10. The van der Waals surface area contributed by atoms with Gasteiger partial charge in [-0.15, -0.1) is 0 Å². The van der Waals surface area contributed by atoms with Crippen LogP contribution in [0.4, 0.5) is 5.69 Å². The Morgan fingerprint density at radius 3 is 2.11 bits per heavy atom. The molecule has 5 nitrogen and oxygen atoms in total. The monoisotopic (exact) mass is 435 g/mol.